The summed E-state index contributed by atoms with van der Waals surface area (Å²) in [5.74, 6) is 3.09. The summed E-state index contributed by atoms with van der Waals surface area (Å²) in [6, 6.07) is -3.36. The predicted molar refractivity (Wildman–Crippen MR) is 518 cm³/mol. The summed E-state index contributed by atoms with van der Waals surface area (Å²) < 4.78 is 182. The summed E-state index contributed by atoms with van der Waals surface area (Å²) in [5.41, 5.74) is -6.32. The van der Waals surface area contributed by atoms with Gasteiger partial charge in [0.25, 0.3) is 0 Å². The van der Waals surface area contributed by atoms with E-state index in [4.69, 9.17) is 121 Å². The van der Waals surface area contributed by atoms with E-state index in [1.807, 2.05) is 158 Å². The van der Waals surface area contributed by atoms with Crippen molar-refractivity contribution in [1.29, 1.82) is 0 Å². The zero-order valence-electron chi connectivity index (χ0n) is 86.3. The third-order valence-corrected chi connectivity index (χ3v) is 31.3. The van der Waals surface area contributed by atoms with Gasteiger partial charge in [0.2, 0.25) is 7.75 Å². The fraction of sp³-hybridized carbons (Fsp3) is 0.955. The van der Waals surface area contributed by atoms with E-state index in [0.29, 0.717) is 61.4 Å². The summed E-state index contributed by atoms with van der Waals surface area (Å²) in [4.78, 5) is 21.5. The van der Waals surface area contributed by atoms with Gasteiger partial charge in [-0.25, -0.2) is 19.1 Å². The van der Waals surface area contributed by atoms with Crippen molar-refractivity contribution >= 4 is 93.6 Å². The Kier molecular flexibility index (Phi) is 57.0. The van der Waals surface area contributed by atoms with Crippen LogP contribution in [0.4, 0.5) is 4.39 Å². The first-order valence-corrected chi connectivity index (χ1v) is 56.1. The molecular formula is C88H172B6FN2O25P6Y-. The molecule has 6 aliphatic heterocycles. The fourth-order valence-electron chi connectivity index (χ4n) is 17.2. The zero-order chi connectivity index (χ0) is 101. The van der Waals surface area contributed by atoms with Crippen LogP contribution in [0.3, 0.4) is 0 Å². The molecule has 0 aromatic rings. The van der Waals surface area contributed by atoms with Gasteiger partial charge in [-0.1, -0.05) is 145 Å². The molecular weight excluding hydrogens is 1840 g/mol. The standard InChI is InChI=1S/2C17H34BO4P.C13H24BO4P.C13H26BO4P.C12H25BNO4P.C11H22BFNO4P.C3H4O.C2H4.Y/c2*1-12(2)11-15(7)16(8,14(5,6)17(9,18)21-15)22-23(10,19)20-13(3)4;1-8(2)7-13-6-5-10(12(14)16-13)11(13)18-19(15)17-9(3)4;1-9(2)6-11-12(7-13(14)17-11)18-19(5,15)16-8-10(3)4;1-8(2)5-11-10(6-12(13)18-11)14-19(15,16)17-7-9(3)4;1-6(2)5-8-10(9(13)11(12)17-8)14-19(15,16)18-7(3)4;1-3-4-2;1-2;/h2*12-13H,11H2,1-10H3;8-12,19H,5-7H2,1-4H3;9-13H,6-8H2,1-5H3;8-12H,5-7H2,1-4H3,(H2,14,15,16);6-11H,5H2,1-4H3,(H2,14,15,16);1H,2H3;1-2H2;/p-1/t2*15-,16?,17-,23?;10-,11?,12+,13+;11-,12?,13-,19?;10?,11-,12-;8-,9+,10?,11-;;;/m110111.../s1. The molecule has 26 atom stereocenters. The molecule has 27 nitrogen and oxygen atoms in total. The molecule has 1 aliphatic carbocycles. The Bertz CT molecular complexity index is 3430. The van der Waals surface area contributed by atoms with E-state index >= 15 is 0 Å². The van der Waals surface area contributed by atoms with Crippen molar-refractivity contribution in [1.82, 2.24) is 10.2 Å². The Hall–Kier alpha value is 1.10. The van der Waals surface area contributed by atoms with E-state index < -0.39 is 121 Å². The van der Waals surface area contributed by atoms with Gasteiger partial charge in [-0.2, -0.15) is 0 Å². The Balaban J connectivity index is 0. The third kappa shape index (κ3) is 42.3. The summed E-state index contributed by atoms with van der Waals surface area (Å²) in [7, 11) is 17.3. The number of rotatable bonds is 38. The molecule has 0 amide bonds. The topological polar surface area (TPSA) is 327 Å². The summed E-state index contributed by atoms with van der Waals surface area (Å²) in [6.07, 6.45) is 10.3. The van der Waals surface area contributed by atoms with Crippen LogP contribution >= 0.6 is 46.5 Å². The van der Waals surface area contributed by atoms with Crippen molar-refractivity contribution in [3.8, 4) is 12.5 Å². The van der Waals surface area contributed by atoms with Crippen LogP contribution in [0.5, 0.6) is 0 Å². The van der Waals surface area contributed by atoms with Crippen LogP contribution in [0, 0.1) is 76.6 Å². The predicted octanol–water partition coefficient (Wildman–Crippen LogP) is 19.8. The van der Waals surface area contributed by atoms with E-state index in [-0.39, 0.29) is 129 Å². The molecule has 3 N–H and O–H groups in total. The van der Waals surface area contributed by atoms with Crippen molar-refractivity contribution < 1.29 is 153 Å². The van der Waals surface area contributed by atoms with Crippen LogP contribution in [-0.2, 0) is 138 Å². The largest absolute Gasteiger partial charge is 0.766 e. The molecule has 743 valence electrons. The molecule has 0 spiro atoms. The monoisotopic (exact) mass is 2020 g/mol. The Morgan fingerprint density at radius 1 is 0.550 bits per heavy atom. The van der Waals surface area contributed by atoms with Gasteiger partial charge in [-0.3, -0.25) is 36.4 Å². The van der Waals surface area contributed by atoms with Gasteiger partial charge in [0.1, 0.15) is 76.7 Å². The average molecular weight is 2020 g/mol. The molecule has 1 saturated carbocycles. The van der Waals surface area contributed by atoms with E-state index in [1.54, 1.807) is 13.8 Å². The molecule has 129 heavy (non-hydrogen) atoms. The maximum atomic E-state index is 13.9. The van der Waals surface area contributed by atoms with Gasteiger partial charge in [-0.15, -0.1) is 13.2 Å². The normalized spacial score (nSPS) is 34.4. The number of hydrogen-bond donors (Lipinski definition) is 3. The van der Waals surface area contributed by atoms with Gasteiger partial charge < -0.3 is 74.6 Å². The Morgan fingerprint density at radius 3 is 1.31 bits per heavy atom. The number of fused-ring (bicyclic) bond motifs is 2. The first-order valence-electron chi connectivity index (χ1n) is 45.8. The summed E-state index contributed by atoms with van der Waals surface area (Å²) in [5, 5.41) is 4.90. The van der Waals surface area contributed by atoms with E-state index in [0.717, 1.165) is 44.9 Å². The van der Waals surface area contributed by atoms with Crippen molar-refractivity contribution in [2.24, 2.45) is 64.1 Å². The van der Waals surface area contributed by atoms with Gasteiger partial charge >= 0.3 is 38.8 Å². The molecule has 7 rings (SSSR count). The summed E-state index contributed by atoms with van der Waals surface area (Å²) >= 11 is 0. The maximum Gasteiger partial charge on any atom is 0.403 e. The minimum Gasteiger partial charge on any atom is -0.766 e. The minimum absolute atomic E-state index is 0. The molecule has 7 aliphatic rings. The number of hydrogen-bond acceptors (Lipinski definition) is 24. The number of ether oxygens (including phenoxy) is 7. The second-order valence-corrected chi connectivity index (χ2v) is 51.8. The van der Waals surface area contributed by atoms with Gasteiger partial charge in [0.05, 0.1) is 92.0 Å². The van der Waals surface area contributed by atoms with Crippen molar-refractivity contribution in [3.05, 3.63) is 13.2 Å². The molecule has 41 heteroatoms. The molecule has 13 radical (unpaired) electrons. The van der Waals surface area contributed by atoms with Crippen molar-refractivity contribution in [3.63, 3.8) is 0 Å². The van der Waals surface area contributed by atoms with Crippen LogP contribution in [0.15, 0.2) is 13.2 Å². The Morgan fingerprint density at radius 2 is 0.938 bits per heavy atom. The average Bonchev–Trinajstić information content (AvgIpc) is 1.54. The van der Waals surface area contributed by atoms with E-state index in [9.17, 15) is 41.6 Å². The molecule has 12 unspecified atom stereocenters. The first-order chi connectivity index (χ1) is 57.8. The third-order valence-electron chi connectivity index (χ3n) is 23.4. The van der Waals surface area contributed by atoms with Crippen LogP contribution in [-0.4, -0.2) is 228 Å². The first kappa shape index (κ1) is 132. The zero-order valence-corrected chi connectivity index (χ0v) is 94.6. The van der Waals surface area contributed by atoms with Gasteiger partial charge in [0, 0.05) is 111 Å². The number of halogens is 1. The molecule has 7 fully saturated rings. The maximum absolute atomic E-state index is 13.9. The molecule has 0 aromatic carbocycles. The Labute approximate surface area is 816 Å². The van der Waals surface area contributed by atoms with E-state index in [1.165, 1.54) is 27.1 Å². The summed E-state index contributed by atoms with van der Waals surface area (Å²) in [6.45, 7) is 78.1. The second kappa shape index (κ2) is 55.7. The second-order valence-electron chi connectivity index (χ2n) is 41.9. The van der Waals surface area contributed by atoms with Crippen LogP contribution in [0.1, 0.15) is 300 Å². The van der Waals surface area contributed by atoms with Gasteiger partial charge in [-0.05, 0) is 208 Å². The quantitative estimate of drug-likeness (QED) is 0.0224. The molecule has 0 aromatic heterocycles. The van der Waals surface area contributed by atoms with Crippen molar-refractivity contribution in [2.45, 2.75) is 436 Å². The number of nitrogens with one attached hydrogen (secondary N) is 2. The number of terminal acetylenes is 1. The smallest absolute Gasteiger partial charge is 0.403 e. The van der Waals surface area contributed by atoms with Crippen LogP contribution < -0.4 is 15.1 Å². The van der Waals surface area contributed by atoms with Crippen LogP contribution in [0.25, 0.3) is 0 Å². The number of methoxy groups -OCH3 is 1. The van der Waals surface area contributed by atoms with Crippen molar-refractivity contribution in [2.75, 3.05) is 40.3 Å². The SMILES string of the molecule is C#COC.C=C.[B][C@@H]1O[C@@]2(CC(C)C)CC[C@H]1C2O[PH](=O)OC(C)C.[B][C@@H]1O[C@H](CC(C)C)C(NP(=O)([O-])OC(C)C)[C@@H]1F.[B][C@H]1CC(NP(=O)(O)OCC(C)C)[C@@H](CC(C)C)O1.[B][C@H]1CC(OP(C)(=O)OCC(C)C)[C@@H](CC(C)C)O1.[B][C@]1(C)O[C@](C)(CC(C)C)C(C)(OP(C)(=O)OC(C)C)C1(C)C.[B][C@]1(C)O[C@](C)(CC(C)C)C(C)(OP(C)(=O)OC(C)C)C1(C)C.[Y]. The molecule has 2 bridgehead atoms. The molecule has 6 heterocycles. The number of alkyl halides is 1. The van der Waals surface area contributed by atoms with Gasteiger partial charge in [0.15, 0.2) is 0 Å². The molecule has 6 saturated heterocycles. The minimum atomic E-state index is -4.32. The van der Waals surface area contributed by atoms with Crippen LogP contribution in [0.2, 0.25) is 0 Å². The van der Waals surface area contributed by atoms with E-state index in [2.05, 4.69) is 104 Å². The fourth-order valence-corrected chi connectivity index (χ4v) is 26.0.